The van der Waals surface area contributed by atoms with Gasteiger partial charge in [0.15, 0.2) is 0 Å². The van der Waals surface area contributed by atoms with Crippen molar-refractivity contribution in [1.29, 1.82) is 0 Å². The van der Waals surface area contributed by atoms with Gasteiger partial charge in [-0.05, 0) is 57.0 Å². The molecular formula is C16H23ClN2O2. The van der Waals surface area contributed by atoms with Gasteiger partial charge < -0.3 is 15.3 Å². The maximum Gasteiger partial charge on any atom is 0.225 e. The van der Waals surface area contributed by atoms with E-state index in [2.05, 4.69) is 10.2 Å². The summed E-state index contributed by atoms with van der Waals surface area (Å²) >= 11 is 5.89. The minimum Gasteiger partial charge on any atom is -0.393 e. The molecule has 1 aromatic carbocycles. The molecule has 1 aromatic rings. The van der Waals surface area contributed by atoms with Crippen molar-refractivity contribution in [1.82, 2.24) is 4.90 Å². The molecule has 1 unspecified atom stereocenters. The van der Waals surface area contributed by atoms with Crippen LogP contribution >= 0.6 is 11.6 Å². The highest BCUT2D eigenvalue weighted by Crippen LogP contribution is 2.20. The van der Waals surface area contributed by atoms with E-state index in [-0.39, 0.29) is 12.0 Å². The summed E-state index contributed by atoms with van der Waals surface area (Å²) in [4.78, 5) is 14.2. The van der Waals surface area contributed by atoms with Crippen LogP contribution in [0.1, 0.15) is 26.2 Å². The van der Waals surface area contributed by atoms with Gasteiger partial charge in [0.2, 0.25) is 5.91 Å². The molecule has 5 heteroatoms. The van der Waals surface area contributed by atoms with Crippen LogP contribution in [0, 0.1) is 5.92 Å². The van der Waals surface area contributed by atoms with Crippen LogP contribution in [0.25, 0.3) is 0 Å². The Morgan fingerprint density at radius 3 is 2.81 bits per heavy atom. The normalized spacial score (nSPS) is 18.4. The molecule has 1 aliphatic rings. The molecule has 1 atom stereocenters. The molecular weight excluding hydrogens is 288 g/mol. The van der Waals surface area contributed by atoms with Crippen LogP contribution in [-0.2, 0) is 4.79 Å². The molecule has 1 aliphatic heterocycles. The topological polar surface area (TPSA) is 52.6 Å². The van der Waals surface area contributed by atoms with Crippen molar-refractivity contribution in [2.75, 3.05) is 25.0 Å². The lowest BCUT2D eigenvalue weighted by molar-refractivity contribution is -0.116. The zero-order valence-electron chi connectivity index (χ0n) is 12.4. The Labute approximate surface area is 131 Å². The Kier molecular flexibility index (Phi) is 6.03. The number of hydrogen-bond donors (Lipinski definition) is 2. The lowest BCUT2D eigenvalue weighted by Crippen LogP contribution is -2.38. The number of benzene rings is 1. The Morgan fingerprint density at radius 1 is 1.48 bits per heavy atom. The summed E-state index contributed by atoms with van der Waals surface area (Å²) in [6.07, 6.45) is 2.27. The number of nitrogens with zero attached hydrogens (tertiary/aromatic N) is 1. The number of carbonyl (C=O) groups is 1. The standard InChI is InChI=1S/C16H23ClN2O2/c1-12(20)13-5-8-19(9-6-13)10-7-16(21)18-15-4-2-3-14(17)11-15/h2-4,11-13,20H,5-10H2,1H3,(H,18,21). The van der Waals surface area contributed by atoms with Crippen molar-refractivity contribution in [2.45, 2.75) is 32.3 Å². The van der Waals surface area contributed by atoms with Gasteiger partial charge in [-0.1, -0.05) is 17.7 Å². The van der Waals surface area contributed by atoms with E-state index >= 15 is 0 Å². The first-order valence-corrected chi connectivity index (χ1v) is 7.88. The van der Waals surface area contributed by atoms with E-state index in [1.165, 1.54) is 0 Å². The number of carbonyl (C=O) groups excluding carboxylic acids is 1. The minimum absolute atomic E-state index is 0.00918. The number of rotatable bonds is 5. The summed E-state index contributed by atoms with van der Waals surface area (Å²) in [5, 5.41) is 13.1. The highest BCUT2D eigenvalue weighted by molar-refractivity contribution is 6.30. The van der Waals surface area contributed by atoms with Gasteiger partial charge in [0.1, 0.15) is 0 Å². The third-order valence-corrected chi connectivity index (χ3v) is 4.31. The molecule has 116 valence electrons. The van der Waals surface area contributed by atoms with Crippen LogP contribution in [0.4, 0.5) is 5.69 Å². The summed E-state index contributed by atoms with van der Waals surface area (Å²) in [6.45, 7) is 4.54. The molecule has 0 aliphatic carbocycles. The maximum atomic E-state index is 11.9. The van der Waals surface area contributed by atoms with Gasteiger partial charge in [-0.2, -0.15) is 0 Å². The highest BCUT2D eigenvalue weighted by atomic mass is 35.5. The number of halogens is 1. The van der Waals surface area contributed by atoms with Crippen molar-refractivity contribution in [3.8, 4) is 0 Å². The fraction of sp³-hybridized carbons (Fsp3) is 0.562. The fourth-order valence-electron chi connectivity index (χ4n) is 2.71. The van der Waals surface area contributed by atoms with Gasteiger partial charge in [-0.3, -0.25) is 4.79 Å². The molecule has 21 heavy (non-hydrogen) atoms. The first kappa shape index (κ1) is 16.3. The number of amides is 1. The number of anilines is 1. The van der Waals surface area contributed by atoms with Crippen LogP contribution in [0.3, 0.4) is 0 Å². The van der Waals surface area contributed by atoms with E-state index in [1.807, 2.05) is 19.1 Å². The average molecular weight is 311 g/mol. The number of aliphatic hydroxyl groups excluding tert-OH is 1. The maximum absolute atomic E-state index is 11.9. The van der Waals surface area contributed by atoms with E-state index in [0.717, 1.165) is 38.2 Å². The van der Waals surface area contributed by atoms with Crippen molar-refractivity contribution in [3.63, 3.8) is 0 Å². The second kappa shape index (κ2) is 7.78. The molecule has 0 saturated carbocycles. The average Bonchev–Trinajstić information content (AvgIpc) is 2.45. The summed E-state index contributed by atoms with van der Waals surface area (Å²) in [5.41, 5.74) is 0.736. The third kappa shape index (κ3) is 5.30. The van der Waals surface area contributed by atoms with E-state index in [0.29, 0.717) is 17.4 Å². The molecule has 1 amide bonds. The Hall–Kier alpha value is -1.10. The Morgan fingerprint density at radius 2 is 2.19 bits per heavy atom. The quantitative estimate of drug-likeness (QED) is 0.879. The van der Waals surface area contributed by atoms with E-state index in [9.17, 15) is 9.90 Å². The van der Waals surface area contributed by atoms with Crippen LogP contribution in [0.15, 0.2) is 24.3 Å². The molecule has 1 saturated heterocycles. The molecule has 2 N–H and O–H groups in total. The van der Waals surface area contributed by atoms with Crippen LogP contribution in [0.5, 0.6) is 0 Å². The van der Waals surface area contributed by atoms with Gasteiger partial charge in [-0.25, -0.2) is 0 Å². The predicted octanol–water partition coefficient (Wildman–Crippen LogP) is 2.76. The summed E-state index contributed by atoms with van der Waals surface area (Å²) in [6, 6.07) is 7.17. The van der Waals surface area contributed by atoms with Crippen molar-refractivity contribution < 1.29 is 9.90 Å². The zero-order chi connectivity index (χ0) is 15.2. The van der Waals surface area contributed by atoms with E-state index < -0.39 is 0 Å². The van der Waals surface area contributed by atoms with Gasteiger partial charge in [-0.15, -0.1) is 0 Å². The Balaban J connectivity index is 1.70. The van der Waals surface area contributed by atoms with Gasteiger partial charge in [0, 0.05) is 23.7 Å². The monoisotopic (exact) mass is 310 g/mol. The highest BCUT2D eigenvalue weighted by Gasteiger charge is 2.22. The summed E-state index contributed by atoms with van der Waals surface area (Å²) in [5.74, 6) is 0.413. The molecule has 1 fully saturated rings. The SMILES string of the molecule is CC(O)C1CCN(CCC(=O)Nc2cccc(Cl)c2)CC1. The lowest BCUT2D eigenvalue weighted by Gasteiger charge is -2.33. The van der Waals surface area contributed by atoms with Gasteiger partial charge in [0.25, 0.3) is 0 Å². The predicted molar refractivity (Wildman–Crippen MR) is 85.5 cm³/mol. The summed E-state index contributed by atoms with van der Waals surface area (Å²) < 4.78 is 0. The van der Waals surface area contributed by atoms with E-state index in [1.54, 1.807) is 12.1 Å². The lowest BCUT2D eigenvalue weighted by atomic mass is 9.92. The zero-order valence-corrected chi connectivity index (χ0v) is 13.1. The molecule has 1 heterocycles. The number of piperidine rings is 1. The number of hydrogen-bond acceptors (Lipinski definition) is 3. The van der Waals surface area contributed by atoms with Crippen molar-refractivity contribution >= 4 is 23.2 Å². The van der Waals surface area contributed by atoms with Gasteiger partial charge >= 0.3 is 0 Å². The molecule has 0 radical (unpaired) electrons. The minimum atomic E-state index is -0.224. The molecule has 0 aromatic heterocycles. The molecule has 0 bridgehead atoms. The number of nitrogens with one attached hydrogen (secondary N) is 1. The first-order chi connectivity index (χ1) is 10.0. The second-order valence-corrected chi connectivity index (χ2v) is 6.16. The van der Waals surface area contributed by atoms with Crippen LogP contribution in [0.2, 0.25) is 5.02 Å². The number of likely N-dealkylation sites (tertiary alicyclic amines) is 1. The Bertz CT molecular complexity index is 471. The fourth-order valence-corrected chi connectivity index (χ4v) is 2.90. The van der Waals surface area contributed by atoms with E-state index in [4.69, 9.17) is 11.6 Å². The number of aliphatic hydroxyl groups is 1. The molecule has 2 rings (SSSR count). The second-order valence-electron chi connectivity index (χ2n) is 5.73. The molecule has 4 nitrogen and oxygen atoms in total. The third-order valence-electron chi connectivity index (χ3n) is 4.08. The van der Waals surface area contributed by atoms with Gasteiger partial charge in [0.05, 0.1) is 6.10 Å². The van der Waals surface area contributed by atoms with Crippen molar-refractivity contribution in [3.05, 3.63) is 29.3 Å². The smallest absolute Gasteiger partial charge is 0.225 e. The molecule has 0 spiro atoms. The van der Waals surface area contributed by atoms with Crippen LogP contribution < -0.4 is 5.32 Å². The first-order valence-electron chi connectivity index (χ1n) is 7.50. The summed E-state index contributed by atoms with van der Waals surface area (Å²) in [7, 11) is 0. The largest absolute Gasteiger partial charge is 0.393 e. The van der Waals surface area contributed by atoms with Crippen molar-refractivity contribution in [2.24, 2.45) is 5.92 Å². The van der Waals surface area contributed by atoms with Crippen LogP contribution in [-0.4, -0.2) is 41.7 Å².